The number of nitrogens with one attached hydrogen (secondary N) is 1. The third-order valence-electron chi connectivity index (χ3n) is 2.87. The van der Waals surface area contributed by atoms with Crippen molar-refractivity contribution in [2.24, 2.45) is 7.05 Å². The van der Waals surface area contributed by atoms with Crippen molar-refractivity contribution in [1.29, 1.82) is 0 Å². The highest BCUT2D eigenvalue weighted by molar-refractivity contribution is 7.15. The van der Waals surface area contributed by atoms with Crippen LogP contribution in [0, 0.1) is 6.92 Å². The molecule has 2 N–H and O–H groups in total. The number of nitrogens with zero attached hydrogens (tertiary/aromatic N) is 3. The van der Waals surface area contributed by atoms with Gasteiger partial charge in [-0.05, 0) is 13.3 Å². The first kappa shape index (κ1) is 14.2. The van der Waals surface area contributed by atoms with Gasteiger partial charge in [0.05, 0.1) is 0 Å². The van der Waals surface area contributed by atoms with Gasteiger partial charge in [-0.25, -0.2) is 0 Å². The van der Waals surface area contributed by atoms with Gasteiger partial charge in [0.15, 0.2) is 0 Å². The van der Waals surface area contributed by atoms with E-state index in [1.807, 2.05) is 6.92 Å². The van der Waals surface area contributed by atoms with Crippen molar-refractivity contribution < 1.29 is 9.90 Å². The van der Waals surface area contributed by atoms with Gasteiger partial charge in [0.2, 0.25) is 5.13 Å². The van der Waals surface area contributed by atoms with Gasteiger partial charge in [-0.1, -0.05) is 18.3 Å². The highest BCUT2D eigenvalue weighted by Crippen LogP contribution is 2.19. The zero-order valence-corrected chi connectivity index (χ0v) is 12.1. The molecule has 0 saturated heterocycles. The fourth-order valence-corrected chi connectivity index (χ4v) is 2.30. The van der Waals surface area contributed by atoms with Gasteiger partial charge in [0.1, 0.15) is 16.3 Å². The van der Waals surface area contributed by atoms with E-state index in [1.165, 1.54) is 29.0 Å². The molecule has 0 radical (unpaired) electrons. The van der Waals surface area contributed by atoms with Gasteiger partial charge >= 0.3 is 0 Å². The molecule has 1 amide bonds. The fourth-order valence-electron chi connectivity index (χ4n) is 1.62. The van der Waals surface area contributed by atoms with E-state index in [1.54, 1.807) is 6.92 Å². The Balaban J connectivity index is 2.34. The first-order chi connectivity index (χ1) is 9.43. The minimum absolute atomic E-state index is 0.300. The number of aromatic hydroxyl groups is 1. The average Bonchev–Trinajstić information content (AvgIpc) is 2.83. The summed E-state index contributed by atoms with van der Waals surface area (Å²) in [7, 11) is 1.54. The summed E-state index contributed by atoms with van der Waals surface area (Å²) >= 11 is 1.23. The monoisotopic (exact) mass is 294 g/mol. The summed E-state index contributed by atoms with van der Waals surface area (Å²) in [6, 6.07) is 1.37. The second-order valence-corrected chi connectivity index (χ2v) is 5.28. The molecule has 7 nitrogen and oxygen atoms in total. The van der Waals surface area contributed by atoms with Crippen LogP contribution in [0.5, 0.6) is 5.75 Å². The first-order valence-electron chi connectivity index (χ1n) is 5.97. The van der Waals surface area contributed by atoms with Crippen LogP contribution in [-0.2, 0) is 13.5 Å². The molecule has 0 aliphatic carbocycles. The number of pyridine rings is 1. The van der Waals surface area contributed by atoms with E-state index < -0.39 is 11.5 Å². The Labute approximate surface area is 118 Å². The molecule has 8 heteroatoms. The Morgan fingerprint density at radius 3 is 2.80 bits per heavy atom. The van der Waals surface area contributed by atoms with Crippen LogP contribution in [0.2, 0.25) is 0 Å². The van der Waals surface area contributed by atoms with Crippen LogP contribution in [0.15, 0.2) is 10.9 Å². The van der Waals surface area contributed by atoms with Crippen LogP contribution >= 0.6 is 11.3 Å². The Morgan fingerprint density at radius 2 is 2.20 bits per heavy atom. The summed E-state index contributed by atoms with van der Waals surface area (Å²) in [5.74, 6) is -1.04. The van der Waals surface area contributed by atoms with Crippen molar-refractivity contribution in [3.63, 3.8) is 0 Å². The quantitative estimate of drug-likeness (QED) is 0.882. The van der Waals surface area contributed by atoms with Gasteiger partial charge in [-0.3, -0.25) is 14.9 Å². The molecule has 20 heavy (non-hydrogen) atoms. The third kappa shape index (κ3) is 2.55. The minimum atomic E-state index is -0.693. The Hall–Kier alpha value is -2.22. The van der Waals surface area contributed by atoms with Crippen molar-refractivity contribution in [3.05, 3.63) is 32.7 Å². The van der Waals surface area contributed by atoms with Crippen molar-refractivity contribution >= 4 is 22.4 Å². The summed E-state index contributed by atoms with van der Waals surface area (Å²) in [4.78, 5) is 24.1. The molecule has 106 valence electrons. The molecule has 0 unspecified atom stereocenters. The molecule has 2 rings (SSSR count). The average molecular weight is 294 g/mol. The second-order valence-electron chi connectivity index (χ2n) is 4.22. The van der Waals surface area contributed by atoms with Crippen molar-refractivity contribution in [2.75, 3.05) is 5.32 Å². The number of carbonyl (C=O) groups is 1. The summed E-state index contributed by atoms with van der Waals surface area (Å²) in [6.45, 7) is 3.59. The molecule has 0 aromatic carbocycles. The molecule has 2 aromatic rings. The number of carbonyl (C=O) groups excluding carboxylic acids is 1. The lowest BCUT2D eigenvalue weighted by molar-refractivity contribution is 0.102. The number of hydrogen-bond donors (Lipinski definition) is 2. The highest BCUT2D eigenvalue weighted by Gasteiger charge is 2.19. The van der Waals surface area contributed by atoms with Crippen LogP contribution in [-0.4, -0.2) is 25.8 Å². The second kappa shape index (κ2) is 5.41. The normalized spacial score (nSPS) is 10.6. The lowest BCUT2D eigenvalue weighted by atomic mass is 10.2. The number of aryl methyl sites for hydroxylation is 2. The van der Waals surface area contributed by atoms with Gasteiger partial charge in [0, 0.05) is 18.8 Å². The van der Waals surface area contributed by atoms with Gasteiger partial charge in [0.25, 0.3) is 11.5 Å². The largest absolute Gasteiger partial charge is 0.507 e. The minimum Gasteiger partial charge on any atom is -0.507 e. The Morgan fingerprint density at radius 1 is 1.50 bits per heavy atom. The molecule has 0 aliphatic rings. The van der Waals surface area contributed by atoms with Crippen LogP contribution in [0.1, 0.15) is 28.0 Å². The van der Waals surface area contributed by atoms with E-state index in [9.17, 15) is 14.7 Å². The van der Waals surface area contributed by atoms with Crippen LogP contribution < -0.4 is 10.9 Å². The van der Waals surface area contributed by atoms with E-state index in [2.05, 4.69) is 15.5 Å². The first-order valence-corrected chi connectivity index (χ1v) is 6.79. The molecule has 0 atom stereocenters. The van der Waals surface area contributed by atoms with Crippen LogP contribution in [0.3, 0.4) is 0 Å². The summed E-state index contributed by atoms with van der Waals surface area (Å²) in [5.41, 5.74) is -0.292. The summed E-state index contributed by atoms with van der Waals surface area (Å²) in [6.07, 6.45) is 0.713. The Kier molecular flexibility index (Phi) is 3.84. The zero-order valence-electron chi connectivity index (χ0n) is 11.3. The topological polar surface area (TPSA) is 97.1 Å². The standard InChI is InChI=1S/C12H14N4O3S/c1-4-8-14-15-12(20-8)13-10(18)9-7(17)5-6(2)16(3)11(9)19/h5,17H,4H2,1-3H3,(H,13,15,18). The molecule has 0 bridgehead atoms. The number of anilines is 1. The van der Waals surface area contributed by atoms with Crippen LogP contribution in [0.4, 0.5) is 5.13 Å². The molecule has 0 spiro atoms. The summed E-state index contributed by atoms with van der Waals surface area (Å²) < 4.78 is 1.30. The molecular weight excluding hydrogens is 280 g/mol. The lowest BCUT2D eigenvalue weighted by Gasteiger charge is -2.08. The van der Waals surface area contributed by atoms with E-state index in [-0.39, 0.29) is 11.3 Å². The molecule has 2 aromatic heterocycles. The van der Waals surface area contributed by atoms with Crippen molar-refractivity contribution in [2.45, 2.75) is 20.3 Å². The van der Waals surface area contributed by atoms with Crippen LogP contribution in [0.25, 0.3) is 0 Å². The third-order valence-corrected chi connectivity index (χ3v) is 3.85. The maximum Gasteiger partial charge on any atom is 0.267 e. The maximum absolute atomic E-state index is 12.1. The van der Waals surface area contributed by atoms with Crippen molar-refractivity contribution in [1.82, 2.24) is 14.8 Å². The number of hydrogen-bond acceptors (Lipinski definition) is 6. The SMILES string of the molecule is CCc1nnc(NC(=O)c2c(O)cc(C)n(C)c2=O)s1. The Bertz CT molecular complexity index is 720. The van der Waals surface area contributed by atoms with Crippen molar-refractivity contribution in [3.8, 4) is 5.75 Å². The van der Waals surface area contributed by atoms with Gasteiger partial charge in [-0.15, -0.1) is 10.2 Å². The van der Waals surface area contributed by atoms with E-state index >= 15 is 0 Å². The van der Waals surface area contributed by atoms with E-state index in [0.29, 0.717) is 17.2 Å². The van der Waals surface area contributed by atoms with E-state index in [4.69, 9.17) is 0 Å². The highest BCUT2D eigenvalue weighted by atomic mass is 32.1. The fraction of sp³-hybridized carbons (Fsp3) is 0.333. The molecule has 0 aliphatic heterocycles. The molecule has 0 fully saturated rings. The maximum atomic E-state index is 12.1. The predicted octanol–water partition coefficient (Wildman–Crippen LogP) is 1.07. The van der Waals surface area contributed by atoms with E-state index in [0.717, 1.165) is 5.01 Å². The lowest BCUT2D eigenvalue weighted by Crippen LogP contribution is -2.28. The summed E-state index contributed by atoms with van der Waals surface area (Å²) in [5, 5.41) is 21.0. The molecule has 2 heterocycles. The number of amides is 1. The molecular formula is C12H14N4O3S. The zero-order chi connectivity index (χ0) is 14.9. The van der Waals surface area contributed by atoms with Gasteiger partial charge in [-0.2, -0.15) is 0 Å². The number of rotatable bonds is 3. The number of aromatic nitrogens is 3. The molecule has 0 saturated carbocycles. The predicted molar refractivity (Wildman–Crippen MR) is 75.3 cm³/mol. The smallest absolute Gasteiger partial charge is 0.267 e. The van der Waals surface area contributed by atoms with Gasteiger partial charge < -0.3 is 9.67 Å².